The van der Waals surface area contributed by atoms with Crippen LogP contribution in [0.2, 0.25) is 0 Å². The Labute approximate surface area is 74.8 Å². The van der Waals surface area contributed by atoms with Gasteiger partial charge in [0.2, 0.25) is 0 Å². The van der Waals surface area contributed by atoms with E-state index in [9.17, 15) is 0 Å². The first-order valence-electron chi connectivity index (χ1n) is 4.89. The lowest BCUT2D eigenvalue weighted by atomic mass is 9.76. The lowest BCUT2D eigenvalue weighted by Crippen LogP contribution is -2.21. The van der Waals surface area contributed by atoms with Gasteiger partial charge < -0.3 is 4.74 Å². The van der Waals surface area contributed by atoms with E-state index in [1.54, 1.807) is 5.57 Å². The van der Waals surface area contributed by atoms with Crippen LogP contribution < -0.4 is 0 Å². The summed E-state index contributed by atoms with van der Waals surface area (Å²) in [5.74, 6) is 0.824. The zero-order valence-electron chi connectivity index (χ0n) is 8.26. The second kappa shape index (κ2) is 2.59. The maximum absolute atomic E-state index is 5.28. The van der Waals surface area contributed by atoms with E-state index in [2.05, 4.69) is 26.8 Å². The molecule has 0 aromatic carbocycles. The normalized spacial score (nSPS) is 38.1. The van der Waals surface area contributed by atoms with Crippen LogP contribution in [0.15, 0.2) is 11.6 Å². The van der Waals surface area contributed by atoms with Gasteiger partial charge in [-0.3, -0.25) is 0 Å². The largest absolute Gasteiger partial charge is 0.373 e. The third kappa shape index (κ3) is 1.31. The summed E-state index contributed by atoms with van der Waals surface area (Å²) >= 11 is 0. The molecule has 68 valence electrons. The van der Waals surface area contributed by atoms with Crippen molar-refractivity contribution in [2.75, 3.05) is 6.61 Å². The summed E-state index contributed by atoms with van der Waals surface area (Å²) in [7, 11) is 0. The molecule has 0 bridgehead atoms. The minimum absolute atomic E-state index is 0.423. The summed E-state index contributed by atoms with van der Waals surface area (Å²) in [4.78, 5) is 0. The Kier molecular flexibility index (Phi) is 1.80. The number of hydrogen-bond acceptors (Lipinski definition) is 1. The first-order chi connectivity index (χ1) is 5.60. The number of rotatable bonds is 2. The Morgan fingerprint density at radius 2 is 2.25 bits per heavy atom. The summed E-state index contributed by atoms with van der Waals surface area (Å²) in [5, 5.41) is 0. The molecule has 0 aromatic rings. The third-order valence-electron chi connectivity index (χ3n) is 3.70. The molecular weight excluding hydrogens is 148 g/mol. The van der Waals surface area contributed by atoms with E-state index in [-0.39, 0.29) is 0 Å². The van der Waals surface area contributed by atoms with E-state index >= 15 is 0 Å². The van der Waals surface area contributed by atoms with Crippen LogP contribution in [0.4, 0.5) is 0 Å². The van der Waals surface area contributed by atoms with Crippen LogP contribution in [0.1, 0.15) is 33.6 Å². The maximum Gasteiger partial charge on any atom is 0.0813 e. The minimum atomic E-state index is 0.423. The smallest absolute Gasteiger partial charge is 0.0813 e. The fourth-order valence-electron chi connectivity index (χ4n) is 2.11. The monoisotopic (exact) mass is 166 g/mol. The van der Waals surface area contributed by atoms with Crippen molar-refractivity contribution >= 4 is 0 Å². The highest BCUT2D eigenvalue weighted by Crippen LogP contribution is 2.46. The van der Waals surface area contributed by atoms with Crippen molar-refractivity contribution in [3.05, 3.63) is 11.6 Å². The lowest BCUT2D eigenvalue weighted by molar-refractivity contribution is 0.246. The van der Waals surface area contributed by atoms with Crippen molar-refractivity contribution in [2.45, 2.75) is 39.7 Å². The van der Waals surface area contributed by atoms with Crippen molar-refractivity contribution in [1.82, 2.24) is 0 Å². The van der Waals surface area contributed by atoms with Gasteiger partial charge in [-0.1, -0.05) is 25.5 Å². The predicted molar refractivity (Wildman–Crippen MR) is 50.0 cm³/mol. The zero-order chi connectivity index (χ0) is 8.77. The fourth-order valence-corrected chi connectivity index (χ4v) is 2.11. The van der Waals surface area contributed by atoms with Gasteiger partial charge in [0, 0.05) is 0 Å². The molecule has 2 atom stereocenters. The molecule has 1 fully saturated rings. The quantitative estimate of drug-likeness (QED) is 0.454. The Bertz CT molecular complexity index is 211. The molecule has 0 N–H and O–H groups in total. The van der Waals surface area contributed by atoms with E-state index in [1.165, 1.54) is 12.8 Å². The molecule has 1 aliphatic carbocycles. The number of allylic oxidation sites excluding steroid dienone is 2. The second-order valence-electron chi connectivity index (χ2n) is 4.73. The summed E-state index contributed by atoms with van der Waals surface area (Å²) < 4.78 is 5.28. The van der Waals surface area contributed by atoms with Crippen LogP contribution in [0.3, 0.4) is 0 Å². The second-order valence-corrected chi connectivity index (χ2v) is 4.73. The van der Waals surface area contributed by atoms with Crippen LogP contribution in [0.25, 0.3) is 0 Å². The molecule has 0 radical (unpaired) electrons. The van der Waals surface area contributed by atoms with Crippen LogP contribution in [0.5, 0.6) is 0 Å². The average molecular weight is 166 g/mol. The molecule has 0 spiro atoms. The van der Waals surface area contributed by atoms with Crippen molar-refractivity contribution < 1.29 is 4.74 Å². The fraction of sp³-hybridized carbons (Fsp3) is 0.818. The van der Waals surface area contributed by atoms with Gasteiger partial charge in [-0.2, -0.15) is 0 Å². The minimum Gasteiger partial charge on any atom is -0.373 e. The van der Waals surface area contributed by atoms with Crippen molar-refractivity contribution in [1.29, 1.82) is 0 Å². The van der Waals surface area contributed by atoms with Gasteiger partial charge in [-0.15, -0.1) is 0 Å². The van der Waals surface area contributed by atoms with Crippen LogP contribution >= 0.6 is 0 Å². The maximum atomic E-state index is 5.28. The Hall–Kier alpha value is -0.300. The molecule has 1 saturated heterocycles. The SMILES string of the molecule is CC1=CC[C@H](C[C@@H]2CO2)C1(C)C. The highest BCUT2D eigenvalue weighted by molar-refractivity contribution is 5.18. The molecule has 1 heterocycles. The van der Waals surface area contributed by atoms with Gasteiger partial charge in [0.1, 0.15) is 0 Å². The Balaban J connectivity index is 1.99. The molecular formula is C11H18O. The summed E-state index contributed by atoms with van der Waals surface area (Å²) in [5.41, 5.74) is 1.99. The molecule has 12 heavy (non-hydrogen) atoms. The topological polar surface area (TPSA) is 12.5 Å². The summed E-state index contributed by atoms with van der Waals surface area (Å²) in [6.07, 6.45) is 5.51. The van der Waals surface area contributed by atoms with Crippen LogP contribution in [0, 0.1) is 11.3 Å². The highest BCUT2D eigenvalue weighted by Gasteiger charge is 2.38. The van der Waals surface area contributed by atoms with Gasteiger partial charge in [-0.05, 0) is 31.1 Å². The molecule has 2 rings (SSSR count). The third-order valence-corrected chi connectivity index (χ3v) is 3.70. The average Bonchev–Trinajstić information content (AvgIpc) is 2.75. The van der Waals surface area contributed by atoms with Crippen molar-refractivity contribution in [3.8, 4) is 0 Å². The number of hydrogen-bond donors (Lipinski definition) is 0. The van der Waals surface area contributed by atoms with Crippen LogP contribution in [-0.2, 0) is 4.74 Å². The van der Waals surface area contributed by atoms with E-state index in [4.69, 9.17) is 4.74 Å². The Morgan fingerprint density at radius 3 is 2.67 bits per heavy atom. The zero-order valence-corrected chi connectivity index (χ0v) is 8.26. The molecule has 1 heteroatoms. The molecule has 0 amide bonds. The molecule has 1 nitrogen and oxygen atoms in total. The van der Waals surface area contributed by atoms with E-state index < -0.39 is 0 Å². The molecule has 1 aliphatic heterocycles. The molecule has 2 aliphatic rings. The van der Waals surface area contributed by atoms with Crippen LogP contribution in [-0.4, -0.2) is 12.7 Å². The van der Waals surface area contributed by atoms with Gasteiger partial charge in [0.05, 0.1) is 12.7 Å². The summed E-state index contributed by atoms with van der Waals surface area (Å²) in [6, 6.07) is 0. The van der Waals surface area contributed by atoms with Gasteiger partial charge >= 0.3 is 0 Å². The van der Waals surface area contributed by atoms with Gasteiger partial charge in [-0.25, -0.2) is 0 Å². The molecule has 0 saturated carbocycles. The van der Waals surface area contributed by atoms with E-state index in [0.29, 0.717) is 11.5 Å². The standard InChI is InChI=1S/C11H18O/c1-8-4-5-9(11(8,2)3)6-10-7-12-10/h4,9-10H,5-7H2,1-3H3/t9-,10-/m1/s1. The summed E-state index contributed by atoms with van der Waals surface area (Å²) in [6.45, 7) is 7.98. The number of epoxide rings is 1. The molecule has 0 unspecified atom stereocenters. The first-order valence-corrected chi connectivity index (χ1v) is 4.89. The highest BCUT2D eigenvalue weighted by atomic mass is 16.6. The number of ether oxygens (including phenoxy) is 1. The van der Waals surface area contributed by atoms with Crippen molar-refractivity contribution in [2.24, 2.45) is 11.3 Å². The van der Waals surface area contributed by atoms with Gasteiger partial charge in [0.25, 0.3) is 0 Å². The predicted octanol–water partition coefficient (Wildman–Crippen LogP) is 2.77. The van der Waals surface area contributed by atoms with E-state index in [0.717, 1.165) is 12.5 Å². The Morgan fingerprint density at radius 1 is 1.58 bits per heavy atom. The first kappa shape index (κ1) is 8.31. The van der Waals surface area contributed by atoms with Gasteiger partial charge in [0.15, 0.2) is 0 Å². The van der Waals surface area contributed by atoms with E-state index in [1.807, 2.05) is 0 Å². The van der Waals surface area contributed by atoms with Crippen molar-refractivity contribution in [3.63, 3.8) is 0 Å². The molecule has 0 aromatic heterocycles. The lowest BCUT2D eigenvalue weighted by Gasteiger charge is -2.29.